The van der Waals surface area contributed by atoms with Crippen LogP contribution in [0.3, 0.4) is 0 Å². The number of aliphatic carboxylic acids is 1. The lowest BCUT2D eigenvalue weighted by molar-refractivity contribution is -0.155. The van der Waals surface area contributed by atoms with Gasteiger partial charge >= 0.3 is 5.97 Å². The van der Waals surface area contributed by atoms with E-state index in [1.165, 1.54) is 19.2 Å². The molecule has 0 saturated heterocycles. The van der Waals surface area contributed by atoms with Crippen molar-refractivity contribution >= 4 is 11.9 Å². The molecule has 8 heteroatoms. The fourth-order valence-electron chi connectivity index (χ4n) is 1.58. The van der Waals surface area contributed by atoms with Gasteiger partial charge in [-0.2, -0.15) is 0 Å². The predicted octanol–water partition coefficient (Wildman–Crippen LogP) is 0.554. The Labute approximate surface area is 133 Å². The quantitative estimate of drug-likeness (QED) is 0.572. The summed E-state index contributed by atoms with van der Waals surface area (Å²) in [5, 5.41) is 20.6. The van der Waals surface area contributed by atoms with Gasteiger partial charge in [-0.3, -0.25) is 4.79 Å². The van der Waals surface area contributed by atoms with Gasteiger partial charge in [-0.1, -0.05) is 0 Å². The first-order valence-corrected chi connectivity index (χ1v) is 6.87. The highest BCUT2D eigenvalue weighted by Crippen LogP contribution is 2.12. The van der Waals surface area contributed by atoms with Crippen LogP contribution in [0.15, 0.2) is 18.2 Å². The molecule has 0 bridgehead atoms. The molecule has 1 atom stereocenters. The molecule has 3 N–H and O–H groups in total. The van der Waals surface area contributed by atoms with E-state index in [1.54, 1.807) is 0 Å². The standard InChI is InChI=1S/C15H20FNO6/c1-15(21,14(19)20)9-17-13(18)10-3-4-12(16)11(7-10)8-23-6-5-22-2/h3-4,7,21H,5-6,8-9H2,1-2H3,(H,17,18)(H,19,20). The molecule has 0 radical (unpaired) electrons. The summed E-state index contributed by atoms with van der Waals surface area (Å²) in [7, 11) is 1.51. The zero-order valence-corrected chi connectivity index (χ0v) is 13.0. The van der Waals surface area contributed by atoms with E-state index >= 15 is 0 Å². The summed E-state index contributed by atoms with van der Waals surface area (Å²) in [6.07, 6.45) is 0. The van der Waals surface area contributed by atoms with E-state index in [-0.39, 0.29) is 24.3 Å². The van der Waals surface area contributed by atoms with E-state index in [1.807, 2.05) is 0 Å². The molecule has 0 fully saturated rings. The maximum Gasteiger partial charge on any atom is 0.337 e. The summed E-state index contributed by atoms with van der Waals surface area (Å²) in [5.74, 6) is -2.59. The maximum absolute atomic E-state index is 13.7. The molecule has 1 aromatic rings. The van der Waals surface area contributed by atoms with Crippen molar-refractivity contribution in [3.8, 4) is 0 Å². The smallest absolute Gasteiger partial charge is 0.337 e. The Kier molecular flexibility index (Phi) is 7.08. The van der Waals surface area contributed by atoms with Crippen molar-refractivity contribution in [3.63, 3.8) is 0 Å². The van der Waals surface area contributed by atoms with Crippen molar-refractivity contribution in [2.45, 2.75) is 19.1 Å². The van der Waals surface area contributed by atoms with Crippen molar-refractivity contribution in [3.05, 3.63) is 35.1 Å². The number of rotatable bonds is 9. The molecule has 0 heterocycles. The molecule has 1 amide bonds. The van der Waals surface area contributed by atoms with Crippen molar-refractivity contribution < 1.29 is 33.7 Å². The molecule has 0 saturated carbocycles. The SMILES string of the molecule is COCCOCc1cc(C(=O)NCC(C)(O)C(=O)O)ccc1F. The van der Waals surface area contributed by atoms with Gasteiger partial charge in [-0.25, -0.2) is 9.18 Å². The van der Waals surface area contributed by atoms with E-state index in [0.29, 0.717) is 6.61 Å². The zero-order valence-electron chi connectivity index (χ0n) is 13.0. The fraction of sp³-hybridized carbons (Fsp3) is 0.467. The number of aliphatic hydroxyl groups is 1. The lowest BCUT2D eigenvalue weighted by Crippen LogP contribution is -2.46. The van der Waals surface area contributed by atoms with Gasteiger partial charge in [0.15, 0.2) is 5.60 Å². The Morgan fingerprint density at radius 3 is 2.65 bits per heavy atom. The van der Waals surface area contributed by atoms with Crippen LogP contribution < -0.4 is 5.32 Å². The average Bonchev–Trinajstić information content (AvgIpc) is 2.50. The van der Waals surface area contributed by atoms with Crippen molar-refractivity contribution in [1.82, 2.24) is 5.32 Å². The number of methoxy groups -OCH3 is 1. The topological polar surface area (TPSA) is 105 Å². The number of hydrogen-bond acceptors (Lipinski definition) is 5. The molecule has 1 aromatic carbocycles. The van der Waals surface area contributed by atoms with Crippen LogP contribution in [0.4, 0.5) is 4.39 Å². The second-order valence-corrected chi connectivity index (χ2v) is 5.11. The minimum atomic E-state index is -2.08. The highest BCUT2D eigenvalue weighted by molar-refractivity contribution is 5.94. The number of hydrogen-bond donors (Lipinski definition) is 3. The summed E-state index contributed by atoms with van der Waals surface area (Å²) in [6.45, 7) is 1.22. The van der Waals surface area contributed by atoms with Crippen LogP contribution in [-0.2, 0) is 20.9 Å². The zero-order chi connectivity index (χ0) is 17.5. The molecular weight excluding hydrogens is 309 g/mol. The van der Waals surface area contributed by atoms with Gasteiger partial charge in [0.25, 0.3) is 5.91 Å². The van der Waals surface area contributed by atoms with Gasteiger partial charge in [-0.05, 0) is 25.1 Å². The molecule has 23 heavy (non-hydrogen) atoms. The summed E-state index contributed by atoms with van der Waals surface area (Å²) in [4.78, 5) is 22.7. The molecule has 0 aliphatic heterocycles. The summed E-state index contributed by atoms with van der Waals surface area (Å²) >= 11 is 0. The Morgan fingerprint density at radius 2 is 2.04 bits per heavy atom. The number of amides is 1. The lowest BCUT2D eigenvalue weighted by Gasteiger charge is -2.18. The molecule has 0 spiro atoms. The largest absolute Gasteiger partial charge is 0.479 e. The normalized spacial score (nSPS) is 13.4. The van der Waals surface area contributed by atoms with Crippen LogP contribution in [0.2, 0.25) is 0 Å². The van der Waals surface area contributed by atoms with Gasteiger partial charge < -0.3 is 25.0 Å². The van der Waals surface area contributed by atoms with Crippen LogP contribution in [0.5, 0.6) is 0 Å². The van der Waals surface area contributed by atoms with Crippen molar-refractivity contribution in [2.75, 3.05) is 26.9 Å². The van der Waals surface area contributed by atoms with E-state index in [2.05, 4.69) is 5.32 Å². The van der Waals surface area contributed by atoms with Crippen LogP contribution in [0, 0.1) is 5.82 Å². The third-order valence-corrected chi connectivity index (χ3v) is 3.05. The van der Waals surface area contributed by atoms with Crippen LogP contribution in [0.1, 0.15) is 22.8 Å². The number of carbonyl (C=O) groups excluding carboxylic acids is 1. The minimum absolute atomic E-state index is 0.0246. The van der Waals surface area contributed by atoms with Crippen LogP contribution in [0.25, 0.3) is 0 Å². The Bertz CT molecular complexity index is 561. The molecule has 1 unspecified atom stereocenters. The first-order chi connectivity index (χ1) is 10.8. The number of benzene rings is 1. The van der Waals surface area contributed by atoms with E-state index < -0.39 is 29.8 Å². The molecule has 0 aromatic heterocycles. The van der Waals surface area contributed by atoms with Crippen LogP contribution in [-0.4, -0.2) is 54.6 Å². The second kappa shape index (κ2) is 8.56. The summed E-state index contributed by atoms with van der Waals surface area (Å²) in [5.41, 5.74) is -1.75. The number of halogens is 1. The molecule has 0 aliphatic rings. The van der Waals surface area contributed by atoms with Crippen molar-refractivity contribution in [2.24, 2.45) is 0 Å². The third kappa shape index (κ3) is 5.93. The molecule has 7 nitrogen and oxygen atoms in total. The Hall–Kier alpha value is -2.03. The minimum Gasteiger partial charge on any atom is -0.479 e. The number of carbonyl (C=O) groups is 2. The monoisotopic (exact) mass is 329 g/mol. The first kappa shape index (κ1) is 19.0. The van der Waals surface area contributed by atoms with Crippen molar-refractivity contribution in [1.29, 1.82) is 0 Å². The van der Waals surface area contributed by atoms with E-state index in [0.717, 1.165) is 13.0 Å². The van der Waals surface area contributed by atoms with Gasteiger partial charge in [0.2, 0.25) is 0 Å². The highest BCUT2D eigenvalue weighted by atomic mass is 19.1. The first-order valence-electron chi connectivity index (χ1n) is 6.87. The fourth-order valence-corrected chi connectivity index (χ4v) is 1.58. The second-order valence-electron chi connectivity index (χ2n) is 5.11. The molecule has 1 rings (SSSR count). The van der Waals surface area contributed by atoms with Gasteiger partial charge in [0, 0.05) is 18.2 Å². The number of ether oxygens (including phenoxy) is 2. The molecule has 128 valence electrons. The third-order valence-electron chi connectivity index (χ3n) is 3.05. The van der Waals surface area contributed by atoms with E-state index in [9.17, 15) is 19.1 Å². The number of carboxylic acids is 1. The van der Waals surface area contributed by atoms with Gasteiger partial charge in [-0.15, -0.1) is 0 Å². The number of nitrogens with one attached hydrogen (secondary N) is 1. The van der Waals surface area contributed by atoms with Crippen LogP contribution >= 0.6 is 0 Å². The Morgan fingerprint density at radius 1 is 1.35 bits per heavy atom. The average molecular weight is 329 g/mol. The molecular formula is C15H20FNO6. The van der Waals surface area contributed by atoms with E-state index in [4.69, 9.17) is 14.6 Å². The Balaban J connectivity index is 2.69. The summed E-state index contributed by atoms with van der Waals surface area (Å²) in [6, 6.07) is 3.70. The van der Waals surface area contributed by atoms with Gasteiger partial charge in [0.1, 0.15) is 5.82 Å². The lowest BCUT2D eigenvalue weighted by atomic mass is 10.1. The molecule has 0 aliphatic carbocycles. The highest BCUT2D eigenvalue weighted by Gasteiger charge is 2.30. The summed E-state index contributed by atoms with van der Waals surface area (Å²) < 4.78 is 23.7. The maximum atomic E-state index is 13.7. The number of carboxylic acid groups (broad SMARTS) is 1. The van der Waals surface area contributed by atoms with Gasteiger partial charge in [0.05, 0.1) is 26.4 Å². The predicted molar refractivity (Wildman–Crippen MR) is 78.5 cm³/mol.